The van der Waals surface area contributed by atoms with E-state index in [1.165, 1.54) is 12.5 Å². The third-order valence-corrected chi connectivity index (χ3v) is 18.0. The van der Waals surface area contributed by atoms with Crippen molar-refractivity contribution in [2.24, 2.45) is 56.2 Å². The summed E-state index contributed by atoms with van der Waals surface area (Å²) in [6.07, 6.45) is 7.28. The highest BCUT2D eigenvalue weighted by Crippen LogP contribution is 2.77. The molecule has 4 saturated carbocycles. The van der Waals surface area contributed by atoms with E-state index < -0.39 is 23.5 Å². The number of rotatable bonds is 15. The number of carbonyl (C=O) groups excluding carboxylic acids is 4. The van der Waals surface area contributed by atoms with Gasteiger partial charge in [0, 0.05) is 60.8 Å². The minimum absolute atomic E-state index is 0.00554. The highest BCUT2D eigenvalue weighted by Gasteiger charge is 2.71. The quantitative estimate of drug-likeness (QED) is 0.172. The van der Waals surface area contributed by atoms with E-state index >= 15 is 0 Å². The summed E-state index contributed by atoms with van der Waals surface area (Å²) >= 11 is 6.29. The van der Waals surface area contributed by atoms with Crippen molar-refractivity contribution in [3.63, 3.8) is 0 Å². The fourth-order valence-corrected chi connectivity index (χ4v) is 14.4. The molecule has 0 heterocycles. The van der Waals surface area contributed by atoms with Crippen LogP contribution in [0.15, 0.2) is 35.4 Å². The number of likely N-dealkylation sites (N-methyl/N-ethyl adjacent to an activating group) is 1. The van der Waals surface area contributed by atoms with Crippen LogP contribution in [0, 0.1) is 56.2 Å². The second kappa shape index (κ2) is 17.4. The number of aliphatic hydroxyl groups excluding tert-OH is 1. The topological polar surface area (TPSA) is 113 Å². The highest BCUT2D eigenvalue weighted by molar-refractivity contribution is 6.30. The minimum Gasteiger partial charge on any atom is -0.462 e. The van der Waals surface area contributed by atoms with Crippen molar-refractivity contribution in [2.75, 3.05) is 40.3 Å². The van der Waals surface area contributed by atoms with E-state index in [0.29, 0.717) is 36.4 Å². The molecule has 4 fully saturated rings. The van der Waals surface area contributed by atoms with Crippen LogP contribution in [-0.4, -0.2) is 91.0 Å². The van der Waals surface area contributed by atoms with Gasteiger partial charge in [-0.05, 0) is 134 Å². The maximum atomic E-state index is 14.6. The number of ether oxygens (including phenoxy) is 2. The van der Waals surface area contributed by atoms with E-state index in [1.807, 2.05) is 12.1 Å². The van der Waals surface area contributed by atoms with Crippen LogP contribution in [0.3, 0.4) is 0 Å². The monoisotopic (exact) mass is 865 g/mol. The van der Waals surface area contributed by atoms with Crippen molar-refractivity contribution in [2.45, 2.75) is 152 Å². The maximum Gasteiger partial charge on any atom is 0.307 e. The lowest BCUT2D eigenvalue weighted by atomic mass is 9.33. The van der Waals surface area contributed by atoms with Gasteiger partial charge in [0.15, 0.2) is 11.6 Å². The first-order valence-electron chi connectivity index (χ1n) is 23.3. The van der Waals surface area contributed by atoms with Crippen LogP contribution in [0.5, 0.6) is 0 Å². The van der Waals surface area contributed by atoms with Gasteiger partial charge in [-0.3, -0.25) is 24.1 Å². The number of allylic oxidation sites excluding steroid dienone is 1. The highest BCUT2D eigenvalue weighted by atomic mass is 35.5. The third kappa shape index (κ3) is 8.57. The number of aliphatic hydroxyl groups is 1. The number of nitrogens with zero attached hydrogens (tertiary/aromatic N) is 2. The Labute approximate surface area is 372 Å². The van der Waals surface area contributed by atoms with Gasteiger partial charge in [-0.2, -0.15) is 0 Å². The summed E-state index contributed by atoms with van der Waals surface area (Å²) in [7, 11) is 4.16. The molecule has 1 aromatic carbocycles. The van der Waals surface area contributed by atoms with Crippen LogP contribution in [-0.2, 0) is 35.2 Å². The summed E-state index contributed by atoms with van der Waals surface area (Å²) in [5.41, 5.74) is 1.60. The number of carbonyl (C=O) groups is 4. The zero-order valence-corrected chi connectivity index (χ0v) is 40.3. The SMILES string of the molecule is CC(=O)O[C@H](CN(CCN(C)C)Cc1ccc(Cl)cc1)[C@@]12CC[C@]3(C)[C@H](CC[C@@H]4[C@@]5(C)CC[C@H](OC(=O)CC(C)(C)C(=O)CO)C(C)(C)[C@@H]5CC[C@]43C)C1=C(C(C)C)C(=O)C2. The van der Waals surface area contributed by atoms with Crippen molar-refractivity contribution < 1.29 is 33.8 Å². The van der Waals surface area contributed by atoms with Gasteiger partial charge < -0.3 is 19.5 Å². The molecule has 0 aromatic heterocycles. The number of fused-ring (bicyclic) bond motifs is 7. The number of halogens is 1. The van der Waals surface area contributed by atoms with Gasteiger partial charge in [-0.15, -0.1) is 0 Å². The number of ketones is 2. The Hall–Kier alpha value is -2.59. The first kappa shape index (κ1) is 47.9. The third-order valence-electron chi connectivity index (χ3n) is 17.7. The molecule has 0 amide bonds. The molecule has 0 radical (unpaired) electrons. The summed E-state index contributed by atoms with van der Waals surface area (Å²) in [5.74, 6) is 0.267. The van der Waals surface area contributed by atoms with Gasteiger partial charge in [0.1, 0.15) is 18.8 Å². The Morgan fingerprint density at radius 3 is 2.18 bits per heavy atom. The normalized spacial score (nSPS) is 33.8. The zero-order valence-electron chi connectivity index (χ0n) is 39.5. The van der Waals surface area contributed by atoms with Gasteiger partial charge in [0.2, 0.25) is 0 Å². The summed E-state index contributed by atoms with van der Waals surface area (Å²) in [5, 5.41) is 10.2. The fraction of sp³-hybridized carbons (Fsp3) is 0.765. The second-order valence-corrected chi connectivity index (χ2v) is 23.0. The molecule has 9 nitrogen and oxygen atoms in total. The predicted molar refractivity (Wildman–Crippen MR) is 241 cm³/mol. The Morgan fingerprint density at radius 1 is 0.902 bits per heavy atom. The standard InChI is InChI=1S/C51H77ClN2O7/c1-32(2)44-37(57)27-51(42(60-33(3)56)30-54(26-25-53(11)12)29-34-13-15-35(52)16-14-34)24-23-49(9)36(45(44)51)17-18-39-48(8)21-20-41(47(6,7)38(48)19-22-50(39,49)10)61-43(59)28-46(4,5)40(58)31-55/h13-16,32,36,38-39,41-42,55H,17-31H2,1-12H3/t36-,38+,39-,41+,42-,48+,49-,50-,51+/m1/s1. The largest absolute Gasteiger partial charge is 0.462 e. The average molecular weight is 866 g/mol. The average Bonchev–Trinajstić information content (AvgIpc) is 3.48. The molecule has 5 aliphatic carbocycles. The Kier molecular flexibility index (Phi) is 13.7. The van der Waals surface area contributed by atoms with Crippen molar-refractivity contribution in [1.82, 2.24) is 9.80 Å². The zero-order chi connectivity index (χ0) is 45.1. The van der Waals surface area contributed by atoms with Crippen LogP contribution in [0.1, 0.15) is 139 Å². The molecule has 0 spiro atoms. The molecule has 0 saturated heterocycles. The molecule has 340 valence electrons. The van der Waals surface area contributed by atoms with Crippen molar-refractivity contribution in [1.29, 1.82) is 0 Å². The lowest BCUT2D eigenvalue weighted by Crippen LogP contribution is -2.66. The number of benzene rings is 1. The van der Waals surface area contributed by atoms with Crippen LogP contribution in [0.4, 0.5) is 0 Å². The molecule has 9 atom stereocenters. The van der Waals surface area contributed by atoms with Gasteiger partial charge >= 0.3 is 11.9 Å². The van der Waals surface area contributed by atoms with Gasteiger partial charge in [0.05, 0.1) is 6.42 Å². The molecular weight excluding hydrogens is 788 g/mol. The lowest BCUT2D eigenvalue weighted by molar-refractivity contribution is -0.235. The predicted octanol–water partition coefficient (Wildman–Crippen LogP) is 9.51. The molecule has 0 unspecified atom stereocenters. The van der Waals surface area contributed by atoms with Crippen LogP contribution >= 0.6 is 11.6 Å². The van der Waals surface area contributed by atoms with Crippen LogP contribution in [0.2, 0.25) is 5.02 Å². The van der Waals surface area contributed by atoms with E-state index in [1.54, 1.807) is 13.8 Å². The fourth-order valence-electron chi connectivity index (χ4n) is 14.3. The molecular formula is C51H77ClN2O7. The Balaban J connectivity index is 1.32. The number of hydrogen-bond acceptors (Lipinski definition) is 9. The smallest absolute Gasteiger partial charge is 0.307 e. The number of Topliss-reactive ketones (excluding diaryl/α,β-unsaturated/α-hetero) is 2. The molecule has 5 aliphatic rings. The minimum atomic E-state index is -0.979. The number of hydrogen-bond donors (Lipinski definition) is 1. The van der Waals surface area contributed by atoms with E-state index in [2.05, 4.69) is 84.5 Å². The Bertz CT molecular complexity index is 1870. The lowest BCUT2D eigenvalue weighted by Gasteiger charge is -2.72. The summed E-state index contributed by atoms with van der Waals surface area (Å²) in [6.45, 7) is 23.7. The van der Waals surface area contributed by atoms with Crippen molar-refractivity contribution in [3.05, 3.63) is 46.0 Å². The summed E-state index contributed by atoms with van der Waals surface area (Å²) < 4.78 is 12.8. The van der Waals surface area contributed by atoms with Crippen molar-refractivity contribution in [3.8, 4) is 0 Å². The van der Waals surface area contributed by atoms with Gasteiger partial charge in [-0.25, -0.2) is 0 Å². The van der Waals surface area contributed by atoms with E-state index in [0.717, 1.165) is 75.6 Å². The first-order chi connectivity index (χ1) is 28.4. The Morgan fingerprint density at radius 2 is 1.57 bits per heavy atom. The summed E-state index contributed by atoms with van der Waals surface area (Å²) in [6, 6.07) is 7.99. The molecule has 1 N–H and O–H groups in total. The first-order valence-corrected chi connectivity index (χ1v) is 23.6. The van der Waals surface area contributed by atoms with E-state index in [-0.39, 0.29) is 69.5 Å². The second-order valence-electron chi connectivity index (χ2n) is 22.6. The number of esters is 2. The summed E-state index contributed by atoms with van der Waals surface area (Å²) in [4.78, 5) is 58.1. The molecule has 0 bridgehead atoms. The van der Waals surface area contributed by atoms with Gasteiger partial charge in [0.25, 0.3) is 0 Å². The maximum absolute atomic E-state index is 14.6. The van der Waals surface area contributed by atoms with E-state index in [9.17, 15) is 24.3 Å². The van der Waals surface area contributed by atoms with Gasteiger partial charge in [-0.1, -0.05) is 86.0 Å². The molecule has 6 rings (SSSR count). The molecule has 10 heteroatoms. The van der Waals surface area contributed by atoms with Crippen molar-refractivity contribution >= 4 is 35.1 Å². The molecule has 61 heavy (non-hydrogen) atoms. The molecule has 1 aromatic rings. The molecule has 0 aliphatic heterocycles. The van der Waals surface area contributed by atoms with Crippen LogP contribution in [0.25, 0.3) is 0 Å². The van der Waals surface area contributed by atoms with Crippen LogP contribution < -0.4 is 0 Å². The van der Waals surface area contributed by atoms with E-state index in [4.69, 9.17) is 21.1 Å².